The van der Waals surface area contributed by atoms with Crippen LogP contribution in [0.4, 0.5) is 5.82 Å². The monoisotopic (exact) mass is 312 g/mol. The van der Waals surface area contributed by atoms with Gasteiger partial charge in [0.05, 0.1) is 5.56 Å². The molecule has 1 aromatic heterocycles. The van der Waals surface area contributed by atoms with E-state index in [-0.39, 0.29) is 5.91 Å². The van der Waals surface area contributed by atoms with E-state index in [1.54, 1.807) is 12.3 Å². The molecular weight excluding hydrogens is 296 g/mol. The number of aromatic nitrogens is 1. The van der Waals surface area contributed by atoms with E-state index < -0.39 is 0 Å². The van der Waals surface area contributed by atoms with E-state index in [4.69, 9.17) is 5.84 Å². The smallest absolute Gasteiger partial charge is 0.257 e. The molecular formula is C12H17BrN4O. The van der Waals surface area contributed by atoms with Crippen LogP contribution < -0.4 is 11.3 Å². The number of halogens is 1. The number of nitrogens with one attached hydrogen (secondary N) is 1. The fraction of sp³-hybridized carbons (Fsp3) is 0.500. The molecule has 0 spiro atoms. The quantitative estimate of drug-likeness (QED) is 0.644. The predicted octanol–water partition coefficient (Wildman–Crippen LogP) is 2.00. The SMILES string of the molecule is CCN(CC1CC1)C(=O)c1cc(Br)cnc1NN. The molecule has 1 aliphatic carbocycles. The lowest BCUT2D eigenvalue weighted by Crippen LogP contribution is -2.33. The number of carbonyl (C=O) groups is 1. The summed E-state index contributed by atoms with van der Waals surface area (Å²) >= 11 is 3.33. The van der Waals surface area contributed by atoms with Gasteiger partial charge in [0.2, 0.25) is 0 Å². The van der Waals surface area contributed by atoms with Gasteiger partial charge < -0.3 is 10.3 Å². The largest absolute Gasteiger partial charge is 0.339 e. The molecule has 0 bridgehead atoms. The number of hydrogen-bond donors (Lipinski definition) is 2. The Kier molecular flexibility index (Phi) is 4.19. The Morgan fingerprint density at radius 2 is 2.39 bits per heavy atom. The standard InChI is InChI=1S/C12H17BrN4O/c1-2-17(7-8-3-4-8)12(18)10-5-9(13)6-15-11(10)16-14/h5-6,8H,2-4,7,14H2,1H3,(H,15,16). The third-order valence-electron chi connectivity index (χ3n) is 3.07. The minimum absolute atomic E-state index is 0.0221. The molecule has 0 aliphatic heterocycles. The maximum absolute atomic E-state index is 12.4. The zero-order chi connectivity index (χ0) is 13.1. The molecule has 6 heteroatoms. The predicted molar refractivity (Wildman–Crippen MR) is 74.0 cm³/mol. The summed E-state index contributed by atoms with van der Waals surface area (Å²) in [5.74, 6) is 6.46. The van der Waals surface area contributed by atoms with Crippen LogP contribution in [0.1, 0.15) is 30.1 Å². The van der Waals surface area contributed by atoms with Crippen LogP contribution in [0.25, 0.3) is 0 Å². The summed E-state index contributed by atoms with van der Waals surface area (Å²) in [6, 6.07) is 1.75. The highest BCUT2D eigenvalue weighted by Gasteiger charge is 2.27. The number of carbonyl (C=O) groups excluding carboxylic acids is 1. The fourth-order valence-corrected chi connectivity index (χ4v) is 2.19. The minimum atomic E-state index is -0.0221. The molecule has 98 valence electrons. The summed E-state index contributed by atoms with van der Waals surface area (Å²) < 4.78 is 0.771. The first-order valence-corrected chi connectivity index (χ1v) is 6.86. The highest BCUT2D eigenvalue weighted by atomic mass is 79.9. The van der Waals surface area contributed by atoms with Crippen molar-refractivity contribution >= 4 is 27.7 Å². The van der Waals surface area contributed by atoms with Crippen LogP contribution in [-0.4, -0.2) is 28.9 Å². The lowest BCUT2D eigenvalue weighted by molar-refractivity contribution is 0.0757. The molecule has 18 heavy (non-hydrogen) atoms. The van der Waals surface area contributed by atoms with Crippen LogP contribution in [0, 0.1) is 5.92 Å². The number of hydrogen-bond acceptors (Lipinski definition) is 4. The maximum atomic E-state index is 12.4. The minimum Gasteiger partial charge on any atom is -0.339 e. The van der Waals surface area contributed by atoms with Crippen LogP contribution in [0.5, 0.6) is 0 Å². The molecule has 1 saturated carbocycles. The third-order valence-corrected chi connectivity index (χ3v) is 3.50. The van der Waals surface area contributed by atoms with Crippen molar-refractivity contribution in [3.8, 4) is 0 Å². The summed E-state index contributed by atoms with van der Waals surface area (Å²) in [6.45, 7) is 3.51. The van der Waals surface area contributed by atoms with E-state index >= 15 is 0 Å². The Morgan fingerprint density at radius 1 is 1.67 bits per heavy atom. The van der Waals surface area contributed by atoms with Gasteiger partial charge >= 0.3 is 0 Å². The Morgan fingerprint density at radius 3 is 2.94 bits per heavy atom. The number of hydrazine groups is 1. The average Bonchev–Trinajstić information content (AvgIpc) is 3.19. The lowest BCUT2D eigenvalue weighted by atomic mass is 10.2. The molecule has 1 aromatic rings. The average molecular weight is 313 g/mol. The number of pyridine rings is 1. The summed E-state index contributed by atoms with van der Waals surface area (Å²) in [7, 11) is 0. The van der Waals surface area contributed by atoms with Crippen LogP contribution in [-0.2, 0) is 0 Å². The Hall–Kier alpha value is -1.14. The van der Waals surface area contributed by atoms with Gasteiger partial charge in [-0.25, -0.2) is 10.8 Å². The van der Waals surface area contributed by atoms with Crippen molar-refractivity contribution in [2.75, 3.05) is 18.5 Å². The molecule has 0 unspecified atom stereocenters. The number of rotatable bonds is 5. The Labute approximate surface area is 115 Å². The molecule has 0 aromatic carbocycles. The van der Waals surface area contributed by atoms with Gasteiger partial charge in [-0.2, -0.15) is 0 Å². The van der Waals surface area contributed by atoms with Crippen molar-refractivity contribution < 1.29 is 4.79 Å². The molecule has 1 aliphatic rings. The van der Waals surface area contributed by atoms with Gasteiger partial charge in [-0.3, -0.25) is 4.79 Å². The second-order valence-electron chi connectivity index (χ2n) is 4.48. The van der Waals surface area contributed by atoms with Crippen molar-refractivity contribution in [3.05, 3.63) is 22.3 Å². The number of nitrogens with two attached hydrogens (primary N) is 1. The van der Waals surface area contributed by atoms with Crippen molar-refractivity contribution in [2.24, 2.45) is 11.8 Å². The third kappa shape index (κ3) is 3.00. The molecule has 5 nitrogen and oxygen atoms in total. The number of nitrogens with zero attached hydrogens (tertiary/aromatic N) is 2. The Bertz CT molecular complexity index is 448. The summed E-state index contributed by atoms with van der Waals surface area (Å²) in [5, 5.41) is 0. The molecule has 0 radical (unpaired) electrons. The first-order valence-electron chi connectivity index (χ1n) is 6.07. The van der Waals surface area contributed by atoms with E-state index in [0.29, 0.717) is 23.8 Å². The highest BCUT2D eigenvalue weighted by Crippen LogP contribution is 2.30. The van der Waals surface area contributed by atoms with Crippen molar-refractivity contribution in [2.45, 2.75) is 19.8 Å². The number of amides is 1. The van der Waals surface area contributed by atoms with Crippen LogP contribution >= 0.6 is 15.9 Å². The summed E-state index contributed by atoms with van der Waals surface area (Å²) in [5.41, 5.74) is 2.98. The van der Waals surface area contributed by atoms with Gasteiger partial charge in [0, 0.05) is 23.8 Å². The van der Waals surface area contributed by atoms with E-state index in [1.165, 1.54) is 12.8 Å². The fourth-order valence-electron chi connectivity index (χ4n) is 1.86. The lowest BCUT2D eigenvalue weighted by Gasteiger charge is -2.21. The molecule has 0 saturated heterocycles. The molecule has 1 fully saturated rings. The van der Waals surface area contributed by atoms with E-state index in [2.05, 4.69) is 26.3 Å². The Balaban J connectivity index is 2.21. The van der Waals surface area contributed by atoms with Crippen LogP contribution in [0.2, 0.25) is 0 Å². The summed E-state index contributed by atoms with van der Waals surface area (Å²) in [4.78, 5) is 18.4. The van der Waals surface area contributed by atoms with Gasteiger partial charge in [0.15, 0.2) is 5.82 Å². The van der Waals surface area contributed by atoms with Crippen LogP contribution in [0.3, 0.4) is 0 Å². The van der Waals surface area contributed by atoms with Gasteiger partial charge in [0.1, 0.15) is 0 Å². The van der Waals surface area contributed by atoms with Crippen LogP contribution in [0.15, 0.2) is 16.7 Å². The van der Waals surface area contributed by atoms with Gasteiger partial charge in [-0.05, 0) is 47.7 Å². The maximum Gasteiger partial charge on any atom is 0.257 e. The van der Waals surface area contributed by atoms with Crippen molar-refractivity contribution in [1.29, 1.82) is 0 Å². The number of anilines is 1. The molecule has 1 heterocycles. The van der Waals surface area contributed by atoms with E-state index in [0.717, 1.165) is 11.0 Å². The molecule has 3 N–H and O–H groups in total. The van der Waals surface area contributed by atoms with E-state index in [1.807, 2.05) is 11.8 Å². The molecule has 2 rings (SSSR count). The van der Waals surface area contributed by atoms with Gasteiger partial charge in [0.25, 0.3) is 5.91 Å². The van der Waals surface area contributed by atoms with Gasteiger partial charge in [-0.1, -0.05) is 0 Å². The van der Waals surface area contributed by atoms with E-state index in [9.17, 15) is 4.79 Å². The van der Waals surface area contributed by atoms with Crippen molar-refractivity contribution in [3.63, 3.8) is 0 Å². The van der Waals surface area contributed by atoms with Crippen molar-refractivity contribution in [1.82, 2.24) is 9.88 Å². The second-order valence-corrected chi connectivity index (χ2v) is 5.40. The topological polar surface area (TPSA) is 71.2 Å². The molecule has 1 amide bonds. The highest BCUT2D eigenvalue weighted by molar-refractivity contribution is 9.10. The zero-order valence-corrected chi connectivity index (χ0v) is 11.9. The zero-order valence-electron chi connectivity index (χ0n) is 10.3. The first-order chi connectivity index (χ1) is 8.65. The molecule has 0 atom stereocenters. The normalized spacial score (nSPS) is 14.4. The summed E-state index contributed by atoms with van der Waals surface area (Å²) in [6.07, 6.45) is 4.06. The van der Waals surface area contributed by atoms with Gasteiger partial charge in [-0.15, -0.1) is 0 Å². The number of nitrogen functional groups attached to an aromatic ring is 1. The second kappa shape index (κ2) is 5.67. The first kappa shape index (κ1) is 13.3.